The van der Waals surface area contributed by atoms with E-state index in [1.54, 1.807) is 24.3 Å². The third-order valence-electron chi connectivity index (χ3n) is 3.13. The molecule has 7 heteroatoms. The summed E-state index contributed by atoms with van der Waals surface area (Å²) in [7, 11) is 0. The van der Waals surface area contributed by atoms with Gasteiger partial charge in [0.2, 0.25) is 0 Å². The second-order valence-electron chi connectivity index (χ2n) is 4.35. The van der Waals surface area contributed by atoms with Crippen LogP contribution in [0.1, 0.15) is 17.0 Å². The maximum absolute atomic E-state index is 11.3. The first-order valence-corrected chi connectivity index (χ1v) is 6.10. The number of para-hydroxylation sites is 2. The largest absolute Gasteiger partial charge is 0.595 e. The van der Waals surface area contributed by atoms with E-state index >= 15 is 0 Å². The molecule has 0 aliphatic heterocycles. The lowest BCUT2D eigenvalue weighted by atomic mass is 9.90. The quantitative estimate of drug-likeness (QED) is 0.597. The van der Waals surface area contributed by atoms with Crippen LogP contribution in [0.3, 0.4) is 0 Å². The monoisotopic (exact) mass is 287 g/mol. The molecule has 2 aromatic carbocycles. The molecule has 2 aromatic rings. The standard InChI is InChI=1S/C14H13N3O4/c15-9-12(10-5-1-3-7-13(10)16(18)19)11-6-2-4-8-14(11)17(20)21/h1-8,12,16-18,20H. The van der Waals surface area contributed by atoms with Crippen molar-refractivity contribution in [1.82, 2.24) is 0 Å². The van der Waals surface area contributed by atoms with E-state index in [9.17, 15) is 26.1 Å². The molecule has 0 fully saturated rings. The van der Waals surface area contributed by atoms with E-state index < -0.39 is 16.4 Å². The normalized spacial score (nSPS) is 15.0. The van der Waals surface area contributed by atoms with Crippen LogP contribution < -0.4 is 10.5 Å². The Kier molecular flexibility index (Phi) is 4.62. The average molecular weight is 287 g/mol. The molecule has 2 atom stereocenters. The topological polar surface area (TPSA) is 119 Å². The average Bonchev–Trinajstić information content (AvgIpc) is 2.48. The number of hydrogen-bond donors (Lipinski definition) is 4. The molecule has 2 unspecified atom stereocenters. The minimum absolute atomic E-state index is 0.00996. The molecular weight excluding hydrogens is 274 g/mol. The highest BCUT2D eigenvalue weighted by Crippen LogP contribution is 2.31. The molecule has 108 valence electrons. The van der Waals surface area contributed by atoms with Gasteiger partial charge in [-0.05, 0) is 0 Å². The predicted octanol–water partition coefficient (Wildman–Crippen LogP) is 0.149. The zero-order valence-electron chi connectivity index (χ0n) is 10.9. The van der Waals surface area contributed by atoms with Gasteiger partial charge in [0.05, 0.1) is 6.07 Å². The molecular formula is C14H13N3O4. The van der Waals surface area contributed by atoms with Gasteiger partial charge in [-0.15, -0.1) is 0 Å². The van der Waals surface area contributed by atoms with Crippen molar-refractivity contribution in [2.75, 3.05) is 0 Å². The fourth-order valence-electron chi connectivity index (χ4n) is 2.19. The zero-order valence-corrected chi connectivity index (χ0v) is 10.9. The number of nitrogens with zero attached hydrogens (tertiary/aromatic N) is 1. The maximum Gasteiger partial charge on any atom is 0.168 e. The molecule has 0 aliphatic rings. The Balaban J connectivity index is 2.59. The number of hydrogen-bond acceptors (Lipinski definition) is 5. The van der Waals surface area contributed by atoms with Crippen LogP contribution in [0.2, 0.25) is 0 Å². The van der Waals surface area contributed by atoms with Crippen molar-refractivity contribution in [3.63, 3.8) is 0 Å². The summed E-state index contributed by atoms with van der Waals surface area (Å²) in [5.41, 5.74) is 0.538. The van der Waals surface area contributed by atoms with Crippen molar-refractivity contribution in [2.45, 2.75) is 5.92 Å². The zero-order chi connectivity index (χ0) is 15.4. The Morgan fingerprint density at radius 3 is 1.57 bits per heavy atom. The van der Waals surface area contributed by atoms with E-state index in [2.05, 4.69) is 0 Å². The molecule has 0 amide bonds. The van der Waals surface area contributed by atoms with E-state index in [1.165, 1.54) is 24.3 Å². The molecule has 7 nitrogen and oxygen atoms in total. The van der Waals surface area contributed by atoms with E-state index in [1.807, 2.05) is 6.07 Å². The Bertz CT molecular complexity index is 616. The lowest BCUT2D eigenvalue weighted by Gasteiger charge is -2.21. The highest BCUT2D eigenvalue weighted by Gasteiger charge is 2.25. The molecule has 4 N–H and O–H groups in total. The maximum atomic E-state index is 11.3. The minimum atomic E-state index is -1.15. The van der Waals surface area contributed by atoms with Gasteiger partial charge in [-0.25, -0.2) is 10.4 Å². The van der Waals surface area contributed by atoms with Crippen molar-refractivity contribution >= 4 is 11.4 Å². The van der Waals surface area contributed by atoms with Crippen molar-refractivity contribution in [1.29, 1.82) is 5.26 Å². The first-order valence-electron chi connectivity index (χ1n) is 6.10. The van der Waals surface area contributed by atoms with Crippen molar-refractivity contribution in [3.8, 4) is 6.07 Å². The van der Waals surface area contributed by atoms with Gasteiger partial charge in [-0.1, -0.05) is 36.4 Å². The number of rotatable bonds is 4. The van der Waals surface area contributed by atoms with Crippen molar-refractivity contribution < 1.29 is 20.9 Å². The molecule has 0 spiro atoms. The molecule has 21 heavy (non-hydrogen) atoms. The fourth-order valence-corrected chi connectivity index (χ4v) is 2.19. The van der Waals surface area contributed by atoms with Gasteiger partial charge >= 0.3 is 0 Å². The highest BCUT2D eigenvalue weighted by atomic mass is 16.8. The van der Waals surface area contributed by atoms with Gasteiger partial charge < -0.3 is 10.4 Å². The summed E-state index contributed by atoms with van der Waals surface area (Å²) in [5, 5.41) is 48.1. The Hall–Kier alpha value is -2.31. The van der Waals surface area contributed by atoms with Crippen LogP contribution in [0, 0.1) is 21.7 Å². The SMILES string of the molecule is N#CC(c1ccccc1[NH+]([O-])O)c1ccccc1[NH+]([O-])O. The summed E-state index contributed by atoms with van der Waals surface area (Å²) in [6.07, 6.45) is 0. The third kappa shape index (κ3) is 3.07. The molecule has 0 aliphatic carbocycles. The molecule has 0 aromatic heterocycles. The summed E-state index contributed by atoms with van der Waals surface area (Å²) in [4.78, 5) is 0. The molecule has 0 radical (unpaired) electrons. The summed E-state index contributed by atoms with van der Waals surface area (Å²) in [5.74, 6) is -0.954. The fraction of sp³-hybridized carbons (Fsp3) is 0.0714. The second kappa shape index (κ2) is 6.43. The second-order valence-corrected chi connectivity index (χ2v) is 4.35. The minimum Gasteiger partial charge on any atom is -0.595 e. The molecule has 0 heterocycles. The summed E-state index contributed by atoms with van der Waals surface area (Å²) in [6.45, 7) is 0. The Morgan fingerprint density at radius 2 is 1.24 bits per heavy atom. The van der Waals surface area contributed by atoms with Gasteiger partial charge in [0.15, 0.2) is 11.4 Å². The van der Waals surface area contributed by atoms with Crippen LogP contribution in [0.5, 0.6) is 0 Å². The van der Waals surface area contributed by atoms with E-state index in [0.717, 1.165) is 0 Å². The summed E-state index contributed by atoms with van der Waals surface area (Å²) >= 11 is 0. The number of quaternary nitrogens is 2. The van der Waals surface area contributed by atoms with Crippen molar-refractivity contribution in [3.05, 3.63) is 70.1 Å². The van der Waals surface area contributed by atoms with E-state index in [4.69, 9.17) is 0 Å². The lowest BCUT2D eigenvalue weighted by Crippen LogP contribution is -2.99. The smallest absolute Gasteiger partial charge is 0.168 e. The van der Waals surface area contributed by atoms with Crippen LogP contribution >= 0.6 is 0 Å². The van der Waals surface area contributed by atoms with Gasteiger partial charge in [0, 0.05) is 23.3 Å². The van der Waals surface area contributed by atoms with Crippen LogP contribution in [0.15, 0.2) is 48.5 Å². The first-order chi connectivity index (χ1) is 10.1. The molecule has 0 bridgehead atoms. The van der Waals surface area contributed by atoms with Crippen LogP contribution in [-0.4, -0.2) is 10.4 Å². The summed E-state index contributed by atoms with van der Waals surface area (Å²) in [6, 6.07) is 14.2. The third-order valence-corrected chi connectivity index (χ3v) is 3.13. The number of nitrogens with one attached hydrogen (secondary N) is 2. The van der Waals surface area contributed by atoms with Crippen LogP contribution in [0.4, 0.5) is 11.4 Å². The van der Waals surface area contributed by atoms with Crippen LogP contribution in [-0.2, 0) is 0 Å². The van der Waals surface area contributed by atoms with Gasteiger partial charge in [-0.2, -0.15) is 15.7 Å². The van der Waals surface area contributed by atoms with Crippen LogP contribution in [0.25, 0.3) is 0 Å². The molecule has 0 saturated carbocycles. The van der Waals surface area contributed by atoms with Gasteiger partial charge in [-0.3, -0.25) is 0 Å². The van der Waals surface area contributed by atoms with E-state index in [-0.39, 0.29) is 22.5 Å². The summed E-state index contributed by atoms with van der Waals surface area (Å²) < 4.78 is 0. The Labute approximate surface area is 120 Å². The molecule has 0 saturated heterocycles. The Morgan fingerprint density at radius 1 is 0.857 bits per heavy atom. The van der Waals surface area contributed by atoms with E-state index in [0.29, 0.717) is 0 Å². The first kappa shape index (κ1) is 15.1. The number of nitriles is 1. The van der Waals surface area contributed by atoms with Gasteiger partial charge in [0.25, 0.3) is 0 Å². The van der Waals surface area contributed by atoms with Crippen molar-refractivity contribution in [2.24, 2.45) is 0 Å². The predicted molar refractivity (Wildman–Crippen MR) is 71.9 cm³/mol. The number of benzene rings is 2. The van der Waals surface area contributed by atoms with Gasteiger partial charge in [0.1, 0.15) is 5.92 Å². The lowest BCUT2D eigenvalue weighted by molar-refractivity contribution is -0.992. The molecule has 2 rings (SSSR count). The highest BCUT2D eigenvalue weighted by molar-refractivity contribution is 5.54.